The molecule has 1 amide bonds. The van der Waals surface area contributed by atoms with Crippen LogP contribution in [0.5, 0.6) is 5.75 Å². The van der Waals surface area contributed by atoms with Crippen molar-refractivity contribution in [3.63, 3.8) is 0 Å². The summed E-state index contributed by atoms with van der Waals surface area (Å²) < 4.78 is 33.1. The van der Waals surface area contributed by atoms with Gasteiger partial charge < -0.3 is 10.1 Å². The summed E-state index contributed by atoms with van der Waals surface area (Å²) >= 11 is 0. The van der Waals surface area contributed by atoms with Crippen molar-refractivity contribution >= 4 is 15.9 Å². The molecule has 0 atom stereocenters. The minimum absolute atomic E-state index is 0.0469. The molecule has 3 rings (SSSR count). The monoisotopic (exact) mass is 360 g/mol. The van der Waals surface area contributed by atoms with Gasteiger partial charge in [0.15, 0.2) is 0 Å². The number of rotatable bonds is 7. The van der Waals surface area contributed by atoms with Crippen LogP contribution in [0.2, 0.25) is 0 Å². The number of methoxy groups -OCH3 is 1. The van der Waals surface area contributed by atoms with Crippen molar-refractivity contribution in [2.75, 3.05) is 7.11 Å². The van der Waals surface area contributed by atoms with Gasteiger partial charge in [-0.05, 0) is 36.6 Å². The third kappa shape index (κ3) is 4.37. The maximum atomic E-state index is 12.7. The van der Waals surface area contributed by atoms with Gasteiger partial charge in [-0.1, -0.05) is 30.3 Å². The van der Waals surface area contributed by atoms with Crippen LogP contribution in [0.4, 0.5) is 0 Å². The lowest BCUT2D eigenvalue weighted by atomic mass is 10.2. The van der Waals surface area contributed by atoms with Gasteiger partial charge in [0.1, 0.15) is 10.6 Å². The van der Waals surface area contributed by atoms with Gasteiger partial charge in [-0.2, -0.15) is 0 Å². The van der Waals surface area contributed by atoms with Crippen LogP contribution in [0.1, 0.15) is 28.8 Å². The van der Waals surface area contributed by atoms with Crippen LogP contribution in [0.3, 0.4) is 0 Å². The lowest BCUT2D eigenvalue weighted by Gasteiger charge is -2.12. The topological polar surface area (TPSA) is 84.5 Å². The fraction of sp³-hybridized carbons (Fsp3) is 0.278. The predicted molar refractivity (Wildman–Crippen MR) is 93.9 cm³/mol. The molecule has 0 unspecified atom stereocenters. The summed E-state index contributed by atoms with van der Waals surface area (Å²) in [5.74, 6) is -0.0757. The first-order valence-electron chi connectivity index (χ1n) is 8.02. The molecule has 0 spiro atoms. The molecule has 0 aromatic heterocycles. The van der Waals surface area contributed by atoms with E-state index in [1.54, 1.807) is 6.07 Å². The van der Waals surface area contributed by atoms with Gasteiger partial charge in [0.25, 0.3) is 5.91 Å². The number of sulfonamides is 1. The number of carbonyl (C=O) groups excluding carboxylic acids is 1. The van der Waals surface area contributed by atoms with Crippen molar-refractivity contribution in [1.82, 2.24) is 10.0 Å². The lowest BCUT2D eigenvalue weighted by molar-refractivity contribution is 0.0951. The molecule has 2 N–H and O–H groups in total. The number of benzene rings is 2. The van der Waals surface area contributed by atoms with Crippen LogP contribution in [-0.4, -0.2) is 27.5 Å². The zero-order valence-corrected chi connectivity index (χ0v) is 14.7. The van der Waals surface area contributed by atoms with Gasteiger partial charge in [-0.25, -0.2) is 13.1 Å². The molecular weight excluding hydrogens is 340 g/mol. The quantitative estimate of drug-likeness (QED) is 0.792. The highest BCUT2D eigenvalue weighted by Gasteiger charge is 2.26. The minimum atomic E-state index is -3.83. The molecule has 0 saturated heterocycles. The third-order valence-electron chi connectivity index (χ3n) is 3.94. The second-order valence-corrected chi connectivity index (χ2v) is 7.66. The summed E-state index contributed by atoms with van der Waals surface area (Å²) in [4.78, 5) is 12.1. The summed E-state index contributed by atoms with van der Waals surface area (Å²) in [6.45, 7) is 0.158. The molecule has 1 aliphatic rings. The van der Waals surface area contributed by atoms with Crippen LogP contribution in [0.25, 0.3) is 0 Å². The smallest absolute Gasteiger partial charge is 0.251 e. The van der Waals surface area contributed by atoms with Crippen molar-refractivity contribution in [2.24, 2.45) is 0 Å². The first-order valence-corrected chi connectivity index (χ1v) is 9.50. The lowest BCUT2D eigenvalue weighted by Crippen LogP contribution is -2.27. The number of hydrogen-bond donors (Lipinski definition) is 2. The van der Waals surface area contributed by atoms with E-state index in [9.17, 15) is 13.2 Å². The fourth-order valence-electron chi connectivity index (χ4n) is 2.38. The van der Waals surface area contributed by atoms with Crippen molar-refractivity contribution in [3.8, 4) is 5.75 Å². The molecule has 132 valence electrons. The molecule has 2 aromatic rings. The Hall–Kier alpha value is -2.38. The van der Waals surface area contributed by atoms with Crippen molar-refractivity contribution < 1.29 is 17.9 Å². The van der Waals surface area contributed by atoms with Crippen LogP contribution in [0.15, 0.2) is 53.4 Å². The van der Waals surface area contributed by atoms with E-state index in [-0.39, 0.29) is 29.1 Å². The largest absolute Gasteiger partial charge is 0.495 e. The zero-order valence-electron chi connectivity index (χ0n) is 13.9. The Morgan fingerprint density at radius 2 is 1.88 bits per heavy atom. The second-order valence-electron chi connectivity index (χ2n) is 5.92. The van der Waals surface area contributed by atoms with E-state index in [4.69, 9.17) is 4.74 Å². The normalized spacial score (nSPS) is 14.1. The molecule has 1 aliphatic carbocycles. The van der Waals surface area contributed by atoms with E-state index >= 15 is 0 Å². The number of amides is 1. The Morgan fingerprint density at radius 3 is 2.52 bits per heavy atom. The molecule has 0 aliphatic heterocycles. The molecule has 7 heteroatoms. The van der Waals surface area contributed by atoms with Crippen molar-refractivity contribution in [2.45, 2.75) is 30.3 Å². The average Bonchev–Trinajstić information content (AvgIpc) is 3.44. The van der Waals surface area contributed by atoms with E-state index < -0.39 is 10.0 Å². The van der Waals surface area contributed by atoms with E-state index in [0.717, 1.165) is 18.4 Å². The first kappa shape index (κ1) is 17.4. The molecule has 1 saturated carbocycles. The summed E-state index contributed by atoms with van der Waals surface area (Å²) in [6, 6.07) is 13.8. The fourth-order valence-corrected chi connectivity index (χ4v) is 3.59. The zero-order chi connectivity index (χ0) is 17.9. The van der Waals surface area contributed by atoms with Crippen LogP contribution >= 0.6 is 0 Å². The Balaban J connectivity index is 1.83. The summed E-state index contributed by atoms with van der Waals surface area (Å²) in [5.41, 5.74) is 1.14. The Labute approximate surface area is 147 Å². The second kappa shape index (κ2) is 7.25. The van der Waals surface area contributed by atoms with Gasteiger partial charge >= 0.3 is 0 Å². The van der Waals surface area contributed by atoms with Gasteiger partial charge in [-0.15, -0.1) is 0 Å². The number of nitrogens with one attached hydrogen (secondary N) is 2. The molecule has 0 radical (unpaired) electrons. The summed E-state index contributed by atoms with van der Waals surface area (Å²) in [5, 5.41) is 2.85. The molecule has 25 heavy (non-hydrogen) atoms. The molecule has 1 fully saturated rings. The van der Waals surface area contributed by atoms with E-state index in [1.807, 2.05) is 30.3 Å². The Morgan fingerprint density at radius 1 is 1.16 bits per heavy atom. The predicted octanol–water partition coefficient (Wildman–Crippen LogP) is 2.07. The summed E-state index contributed by atoms with van der Waals surface area (Å²) in [6.07, 6.45) is 1.93. The molecule has 2 aromatic carbocycles. The first-order chi connectivity index (χ1) is 12.0. The van der Waals surface area contributed by atoms with Gasteiger partial charge in [0.2, 0.25) is 10.0 Å². The van der Waals surface area contributed by atoms with E-state index in [0.29, 0.717) is 5.56 Å². The maximum Gasteiger partial charge on any atom is 0.251 e. The highest BCUT2D eigenvalue weighted by molar-refractivity contribution is 7.89. The number of hydrogen-bond acceptors (Lipinski definition) is 4. The van der Waals surface area contributed by atoms with Crippen molar-refractivity contribution in [3.05, 3.63) is 59.7 Å². The van der Waals surface area contributed by atoms with E-state index in [1.165, 1.54) is 19.2 Å². The van der Waals surface area contributed by atoms with Crippen LogP contribution < -0.4 is 14.8 Å². The summed E-state index contributed by atoms with van der Waals surface area (Å²) in [7, 11) is -2.43. The minimum Gasteiger partial charge on any atom is -0.495 e. The Bertz CT molecular complexity index is 862. The molecule has 6 nitrogen and oxygen atoms in total. The SMILES string of the molecule is COc1ccc(C(=O)NC2CC2)cc1S(=O)(=O)NCc1ccccc1. The van der Waals surface area contributed by atoms with Gasteiger partial charge in [-0.3, -0.25) is 4.79 Å². The van der Waals surface area contributed by atoms with Gasteiger partial charge in [0, 0.05) is 18.2 Å². The molecular formula is C18H20N2O4S. The van der Waals surface area contributed by atoms with Crippen molar-refractivity contribution in [1.29, 1.82) is 0 Å². The average molecular weight is 360 g/mol. The highest BCUT2D eigenvalue weighted by Crippen LogP contribution is 2.26. The number of carbonyl (C=O) groups is 1. The molecule has 0 bridgehead atoms. The van der Waals surface area contributed by atoms with Gasteiger partial charge in [0.05, 0.1) is 7.11 Å². The molecule has 0 heterocycles. The maximum absolute atomic E-state index is 12.7. The van der Waals surface area contributed by atoms with Crippen LogP contribution in [-0.2, 0) is 16.6 Å². The van der Waals surface area contributed by atoms with Crippen LogP contribution in [0, 0.1) is 0 Å². The Kier molecular flexibility index (Phi) is 5.06. The number of ether oxygens (including phenoxy) is 1. The standard InChI is InChI=1S/C18H20N2O4S/c1-24-16-10-7-14(18(21)20-15-8-9-15)11-17(16)25(22,23)19-12-13-5-3-2-4-6-13/h2-7,10-11,15,19H,8-9,12H2,1H3,(H,20,21). The van der Waals surface area contributed by atoms with E-state index in [2.05, 4.69) is 10.0 Å². The highest BCUT2D eigenvalue weighted by atomic mass is 32.2. The third-order valence-corrected chi connectivity index (χ3v) is 5.36.